The van der Waals surface area contributed by atoms with Crippen molar-refractivity contribution in [3.8, 4) is 0 Å². The van der Waals surface area contributed by atoms with Crippen molar-refractivity contribution in [2.24, 2.45) is 0 Å². The van der Waals surface area contributed by atoms with E-state index in [9.17, 15) is 19.2 Å². The number of halogens is 1. The number of hydrogen-bond acceptors (Lipinski definition) is 10. The molecule has 1 heterocycles. The third-order valence-electron chi connectivity index (χ3n) is 3.80. The maximum atomic E-state index is 11.8. The Labute approximate surface area is 179 Å². The molecule has 0 bridgehead atoms. The molecule has 0 unspecified atom stereocenters. The summed E-state index contributed by atoms with van der Waals surface area (Å²) in [6.45, 7) is 5.10. The third kappa shape index (κ3) is 9.24. The molecule has 1 rings (SSSR count). The highest BCUT2D eigenvalue weighted by atomic mass is 35.5. The number of esters is 3. The molecule has 0 aromatic heterocycles. The van der Waals surface area contributed by atoms with Crippen LogP contribution in [0.3, 0.4) is 0 Å². The number of amides is 1. The Hall–Kier alpha value is -1.95. The second-order valence-corrected chi connectivity index (χ2v) is 6.77. The molecule has 11 nitrogen and oxygen atoms in total. The summed E-state index contributed by atoms with van der Waals surface area (Å²) >= 11 is 5.54. The Morgan fingerprint density at radius 3 is 2.07 bits per heavy atom. The van der Waals surface area contributed by atoms with E-state index in [1.54, 1.807) is 0 Å². The minimum Gasteiger partial charge on any atom is -0.463 e. The van der Waals surface area contributed by atoms with Crippen molar-refractivity contribution >= 4 is 35.4 Å². The summed E-state index contributed by atoms with van der Waals surface area (Å²) in [5.74, 6) is -2.07. The lowest BCUT2D eigenvalue weighted by molar-refractivity contribution is -0.279. The summed E-state index contributed by atoms with van der Waals surface area (Å²) in [6, 6.07) is -1.00. The minimum atomic E-state index is -1.16. The van der Waals surface area contributed by atoms with Gasteiger partial charge in [0.15, 0.2) is 18.5 Å². The molecule has 12 heteroatoms. The molecule has 172 valence electrons. The van der Waals surface area contributed by atoms with Crippen LogP contribution in [-0.4, -0.2) is 86.8 Å². The van der Waals surface area contributed by atoms with Gasteiger partial charge in [0.05, 0.1) is 19.8 Å². The van der Waals surface area contributed by atoms with Gasteiger partial charge in [-0.25, -0.2) is 0 Å². The van der Waals surface area contributed by atoms with Gasteiger partial charge in [0, 0.05) is 33.6 Å². The second kappa shape index (κ2) is 13.4. The number of hydrogen-bond donors (Lipinski definition) is 1. The molecule has 0 spiro atoms. The van der Waals surface area contributed by atoms with Crippen molar-refractivity contribution in [3.63, 3.8) is 0 Å². The van der Waals surface area contributed by atoms with Crippen molar-refractivity contribution in [1.82, 2.24) is 5.32 Å². The molecule has 1 fully saturated rings. The zero-order chi connectivity index (χ0) is 22.7. The molecule has 0 saturated carbocycles. The van der Waals surface area contributed by atoms with Crippen LogP contribution < -0.4 is 5.32 Å². The van der Waals surface area contributed by atoms with Gasteiger partial charge in [0.2, 0.25) is 5.91 Å². The highest BCUT2D eigenvalue weighted by Crippen LogP contribution is 2.28. The molecule has 1 aliphatic heterocycles. The van der Waals surface area contributed by atoms with E-state index in [4.69, 9.17) is 40.0 Å². The minimum absolute atomic E-state index is 0.0724. The van der Waals surface area contributed by atoms with Crippen LogP contribution in [0.25, 0.3) is 0 Å². The topological polar surface area (TPSA) is 136 Å². The van der Waals surface area contributed by atoms with Crippen LogP contribution in [-0.2, 0) is 47.6 Å². The first kappa shape index (κ1) is 26.1. The Bertz CT molecular complexity index is 602. The zero-order valence-corrected chi connectivity index (χ0v) is 18.1. The number of carbonyl (C=O) groups excluding carboxylic acids is 4. The van der Waals surface area contributed by atoms with Crippen molar-refractivity contribution in [2.75, 3.05) is 32.3 Å². The van der Waals surface area contributed by atoms with Gasteiger partial charge in [-0.05, 0) is 0 Å². The highest BCUT2D eigenvalue weighted by Gasteiger charge is 2.51. The number of rotatable bonds is 11. The average Bonchev–Trinajstić information content (AvgIpc) is 2.63. The fourth-order valence-electron chi connectivity index (χ4n) is 2.81. The molecule has 30 heavy (non-hydrogen) atoms. The zero-order valence-electron chi connectivity index (χ0n) is 17.4. The average molecular weight is 454 g/mol. The smallest absolute Gasteiger partial charge is 0.303 e. The van der Waals surface area contributed by atoms with E-state index in [0.29, 0.717) is 12.5 Å². The van der Waals surface area contributed by atoms with Crippen LogP contribution in [0.1, 0.15) is 27.7 Å². The molecule has 5 atom stereocenters. The molecule has 0 radical (unpaired) electrons. The van der Waals surface area contributed by atoms with Gasteiger partial charge < -0.3 is 33.7 Å². The van der Waals surface area contributed by atoms with E-state index < -0.39 is 54.5 Å². The number of carbonyl (C=O) groups is 4. The van der Waals surface area contributed by atoms with E-state index in [2.05, 4.69) is 5.32 Å². The van der Waals surface area contributed by atoms with Gasteiger partial charge in [-0.2, -0.15) is 0 Å². The van der Waals surface area contributed by atoms with E-state index in [0.717, 1.165) is 6.92 Å². The number of ether oxygens (including phenoxy) is 6. The van der Waals surface area contributed by atoms with Gasteiger partial charge in [0.1, 0.15) is 18.8 Å². The van der Waals surface area contributed by atoms with E-state index in [1.807, 2.05) is 0 Å². The summed E-state index contributed by atoms with van der Waals surface area (Å²) in [7, 11) is 0. The van der Waals surface area contributed by atoms with Crippen LogP contribution in [0.15, 0.2) is 0 Å². The quantitative estimate of drug-likeness (QED) is 0.196. The molecule has 1 amide bonds. The second-order valence-electron chi connectivity index (χ2n) is 6.39. The van der Waals surface area contributed by atoms with E-state index >= 15 is 0 Å². The maximum absolute atomic E-state index is 11.8. The molecule has 1 aliphatic rings. The Morgan fingerprint density at radius 1 is 0.900 bits per heavy atom. The summed E-state index contributed by atoms with van der Waals surface area (Å²) < 4.78 is 32.4. The first-order valence-corrected chi connectivity index (χ1v) is 9.84. The summed E-state index contributed by atoms with van der Waals surface area (Å²) in [6.07, 6.45) is -4.43. The summed E-state index contributed by atoms with van der Waals surface area (Å²) in [5.41, 5.74) is 0. The molecular formula is C18H28ClNO10. The Morgan fingerprint density at radius 2 is 1.53 bits per heavy atom. The fourth-order valence-corrected chi connectivity index (χ4v) is 2.92. The largest absolute Gasteiger partial charge is 0.463 e. The molecule has 0 aromatic rings. The van der Waals surface area contributed by atoms with Crippen LogP contribution >= 0.6 is 11.6 Å². The van der Waals surface area contributed by atoms with Gasteiger partial charge in [0.25, 0.3) is 0 Å². The normalized spacial score (nSPS) is 25.8. The molecular weight excluding hydrogens is 426 g/mol. The van der Waals surface area contributed by atoms with Gasteiger partial charge in [-0.3, -0.25) is 19.2 Å². The van der Waals surface area contributed by atoms with Gasteiger partial charge in [-0.1, -0.05) is 0 Å². The van der Waals surface area contributed by atoms with Crippen molar-refractivity contribution in [2.45, 2.75) is 58.3 Å². The molecule has 1 N–H and O–H groups in total. The lowest BCUT2D eigenvalue weighted by atomic mass is 9.96. The van der Waals surface area contributed by atoms with Crippen molar-refractivity contribution < 1.29 is 47.6 Å². The Balaban J connectivity index is 3.13. The first-order valence-electron chi connectivity index (χ1n) is 9.31. The summed E-state index contributed by atoms with van der Waals surface area (Å²) in [5, 5.41) is 2.60. The van der Waals surface area contributed by atoms with Gasteiger partial charge >= 0.3 is 17.9 Å². The number of nitrogens with one attached hydrogen (secondary N) is 1. The first-order chi connectivity index (χ1) is 14.1. The van der Waals surface area contributed by atoms with E-state index in [1.165, 1.54) is 20.8 Å². The van der Waals surface area contributed by atoms with Crippen molar-refractivity contribution in [1.29, 1.82) is 0 Å². The fraction of sp³-hybridized carbons (Fsp3) is 0.778. The molecule has 0 aromatic carbocycles. The predicted octanol–water partition coefficient (Wildman–Crippen LogP) is -0.0855. The highest BCUT2D eigenvalue weighted by molar-refractivity contribution is 6.17. The van der Waals surface area contributed by atoms with Crippen molar-refractivity contribution in [3.05, 3.63) is 0 Å². The molecule has 1 saturated heterocycles. The molecule has 0 aliphatic carbocycles. The lowest BCUT2D eigenvalue weighted by Crippen LogP contribution is -2.66. The third-order valence-corrected chi connectivity index (χ3v) is 3.96. The van der Waals surface area contributed by atoms with Crippen LogP contribution in [0.4, 0.5) is 0 Å². The monoisotopic (exact) mass is 453 g/mol. The Kier molecular flexibility index (Phi) is 11.6. The van der Waals surface area contributed by atoms with Crippen LogP contribution in [0, 0.1) is 0 Å². The van der Waals surface area contributed by atoms with E-state index in [-0.39, 0.29) is 19.8 Å². The van der Waals surface area contributed by atoms with Crippen LogP contribution in [0.2, 0.25) is 0 Å². The SMILES string of the molecule is CC(=O)N[C@@H]1[C@H](OCCOCCCl)O[C@H](COC(C)=O)[C@H](OC(C)=O)[C@H]1OC(C)=O. The number of alkyl halides is 1. The lowest BCUT2D eigenvalue weighted by Gasteiger charge is -2.44. The predicted molar refractivity (Wildman–Crippen MR) is 101 cm³/mol. The summed E-state index contributed by atoms with van der Waals surface area (Å²) in [4.78, 5) is 46.4. The maximum Gasteiger partial charge on any atom is 0.303 e. The standard InChI is InChI=1S/C18H28ClNO10/c1-10(21)20-15-17(29-13(4)24)16(28-12(3)23)14(9-27-11(2)22)30-18(15)26-8-7-25-6-5-19/h14-18H,5-9H2,1-4H3,(H,20,21)/t14-,15+,16+,17+,18-/m1/s1. The van der Waals surface area contributed by atoms with Gasteiger partial charge in [-0.15, -0.1) is 11.6 Å². The van der Waals surface area contributed by atoms with Crippen LogP contribution in [0.5, 0.6) is 0 Å².